The fourth-order valence-electron chi connectivity index (χ4n) is 0.131. The summed E-state index contributed by atoms with van der Waals surface area (Å²) in [6.45, 7) is 0.686. The highest BCUT2D eigenvalue weighted by molar-refractivity contribution is 7.87. The van der Waals surface area contributed by atoms with Crippen molar-refractivity contribution in [2.45, 2.75) is 12.4 Å². The van der Waals surface area contributed by atoms with E-state index in [0.717, 1.165) is 0 Å². The maximum atomic E-state index is 11.4. The zero-order valence-electron chi connectivity index (χ0n) is 5.58. The summed E-state index contributed by atoms with van der Waals surface area (Å²) in [6, 6.07) is 0. The van der Waals surface area contributed by atoms with Crippen molar-refractivity contribution in [3.63, 3.8) is 0 Å². The van der Waals surface area contributed by atoms with Crippen LogP contribution in [0.2, 0.25) is 0 Å². The van der Waals surface area contributed by atoms with E-state index in [-0.39, 0.29) is 0 Å². The minimum absolute atomic E-state index is 0.686. The van der Waals surface area contributed by atoms with Crippen LogP contribution in [0, 0.1) is 0 Å². The van der Waals surface area contributed by atoms with Crippen LogP contribution in [0.25, 0.3) is 0 Å². The number of hydrogen-bond donors (Lipinski definition) is 0. The molecule has 0 aliphatic heterocycles. The number of carbonyl (C=O) groups is 1. The fraction of sp³-hybridized carbons (Fsp3) is 0.667. The summed E-state index contributed by atoms with van der Waals surface area (Å²) in [5, 5.41) is 0. The third-order valence-electron chi connectivity index (χ3n) is 0.524. The van der Waals surface area contributed by atoms with Crippen LogP contribution in [0.15, 0.2) is 0 Å². The molecule has 0 aliphatic carbocycles. The third kappa shape index (κ3) is 3.05. The lowest BCUT2D eigenvalue weighted by atomic mass is 10.9. The molecule has 0 fully saturated rings. The maximum absolute atomic E-state index is 11.4. The Morgan fingerprint density at radius 1 is 1.33 bits per heavy atom. The summed E-state index contributed by atoms with van der Waals surface area (Å²) < 4.78 is 56.9. The molecule has 0 aromatic heterocycles. The molecule has 0 rings (SSSR count). The summed E-state index contributed by atoms with van der Waals surface area (Å²) in [6.07, 6.45) is 0. The highest BCUT2D eigenvalue weighted by Gasteiger charge is 2.49. The van der Waals surface area contributed by atoms with E-state index in [4.69, 9.17) is 0 Å². The Kier molecular flexibility index (Phi) is 3.04. The standard InChI is InChI=1S/C3H3F3O5S/c1-2(7)10-11-12(8,9)3(4,5)6/h1H3. The smallest absolute Gasteiger partial charge is 0.282 e. The van der Waals surface area contributed by atoms with Gasteiger partial charge in [0.2, 0.25) is 0 Å². The van der Waals surface area contributed by atoms with Gasteiger partial charge >= 0.3 is 21.6 Å². The minimum atomic E-state index is -5.84. The van der Waals surface area contributed by atoms with Gasteiger partial charge in [0.15, 0.2) is 0 Å². The lowest BCUT2D eigenvalue weighted by Crippen LogP contribution is -2.26. The van der Waals surface area contributed by atoms with Crippen molar-refractivity contribution in [2.75, 3.05) is 0 Å². The highest BCUT2D eigenvalue weighted by atomic mass is 32.2. The van der Waals surface area contributed by atoms with E-state index in [2.05, 4.69) is 9.22 Å². The highest BCUT2D eigenvalue weighted by Crippen LogP contribution is 2.24. The molecule has 0 aromatic carbocycles. The summed E-state index contributed by atoms with van der Waals surface area (Å²) in [4.78, 5) is 13.0. The summed E-state index contributed by atoms with van der Waals surface area (Å²) in [5.41, 5.74) is -5.59. The molecule has 0 heterocycles. The maximum Gasteiger partial charge on any atom is 0.526 e. The van der Waals surface area contributed by atoms with Gasteiger partial charge in [-0.3, -0.25) is 4.89 Å². The Hall–Kier alpha value is -0.830. The first-order valence-electron chi connectivity index (χ1n) is 2.35. The van der Waals surface area contributed by atoms with Crippen molar-refractivity contribution in [3.05, 3.63) is 0 Å². The molecule has 5 nitrogen and oxygen atoms in total. The lowest BCUT2D eigenvalue weighted by Gasteiger charge is -2.04. The summed E-state index contributed by atoms with van der Waals surface area (Å²) in [5.74, 6) is -1.30. The van der Waals surface area contributed by atoms with Gasteiger partial charge in [-0.05, 0) is 4.33 Å². The Bertz CT molecular complexity index is 264. The molecule has 0 saturated heterocycles. The Morgan fingerprint density at radius 3 is 2.00 bits per heavy atom. The zero-order valence-corrected chi connectivity index (χ0v) is 6.40. The molecule has 12 heavy (non-hydrogen) atoms. The first kappa shape index (κ1) is 11.2. The quantitative estimate of drug-likeness (QED) is 0.371. The Morgan fingerprint density at radius 2 is 1.75 bits per heavy atom. The van der Waals surface area contributed by atoms with Crippen molar-refractivity contribution < 1.29 is 35.6 Å². The van der Waals surface area contributed by atoms with Gasteiger partial charge in [0.05, 0.1) is 0 Å². The molecule has 0 bridgehead atoms. The first-order chi connectivity index (χ1) is 5.17. The van der Waals surface area contributed by atoms with E-state index < -0.39 is 21.6 Å². The summed E-state index contributed by atoms with van der Waals surface area (Å²) >= 11 is 0. The van der Waals surface area contributed by atoms with Crippen LogP contribution in [-0.2, 0) is 24.1 Å². The van der Waals surface area contributed by atoms with Gasteiger partial charge < -0.3 is 0 Å². The number of rotatable bonds is 2. The van der Waals surface area contributed by atoms with Gasteiger partial charge in [-0.25, -0.2) is 4.79 Å². The van der Waals surface area contributed by atoms with Crippen LogP contribution >= 0.6 is 0 Å². The Labute approximate surface area is 65.1 Å². The van der Waals surface area contributed by atoms with Gasteiger partial charge in [-0.1, -0.05) is 0 Å². The molecule has 0 radical (unpaired) electrons. The third-order valence-corrected chi connectivity index (χ3v) is 1.34. The predicted molar refractivity (Wildman–Crippen MR) is 27.8 cm³/mol. The van der Waals surface area contributed by atoms with Crippen LogP contribution in [0.4, 0.5) is 13.2 Å². The predicted octanol–water partition coefficient (Wildman–Crippen LogP) is 0.331. The summed E-state index contributed by atoms with van der Waals surface area (Å²) in [7, 11) is -5.84. The minimum Gasteiger partial charge on any atom is -0.282 e. The molecule has 0 saturated carbocycles. The normalized spacial score (nSPS) is 12.7. The monoisotopic (exact) mass is 208 g/mol. The second kappa shape index (κ2) is 3.27. The second-order valence-electron chi connectivity index (χ2n) is 1.54. The molecule has 0 amide bonds. The first-order valence-corrected chi connectivity index (χ1v) is 3.75. The largest absolute Gasteiger partial charge is 0.526 e. The molecule has 0 spiro atoms. The van der Waals surface area contributed by atoms with Crippen molar-refractivity contribution >= 4 is 16.1 Å². The topological polar surface area (TPSA) is 69.7 Å². The number of hydrogen-bond acceptors (Lipinski definition) is 5. The number of carbonyl (C=O) groups excluding carboxylic acids is 1. The molecule has 0 unspecified atom stereocenters. The van der Waals surface area contributed by atoms with Gasteiger partial charge in [-0.15, -0.1) is 0 Å². The van der Waals surface area contributed by atoms with E-state index in [1.165, 1.54) is 0 Å². The van der Waals surface area contributed by atoms with Crippen molar-refractivity contribution in [1.82, 2.24) is 0 Å². The molecule has 0 N–H and O–H groups in total. The van der Waals surface area contributed by atoms with Crippen LogP contribution in [0.5, 0.6) is 0 Å². The molecule has 72 valence electrons. The number of halogens is 3. The molecular formula is C3H3F3O5S. The van der Waals surface area contributed by atoms with Gasteiger partial charge in [0.25, 0.3) is 0 Å². The van der Waals surface area contributed by atoms with Crippen LogP contribution in [0.1, 0.15) is 6.92 Å². The molecular weight excluding hydrogens is 205 g/mol. The van der Waals surface area contributed by atoms with Gasteiger partial charge in [0.1, 0.15) is 0 Å². The van der Waals surface area contributed by atoms with E-state index in [9.17, 15) is 26.4 Å². The molecule has 0 atom stereocenters. The average molecular weight is 208 g/mol. The SMILES string of the molecule is CC(=O)OOS(=O)(=O)C(F)(F)F. The Balaban J connectivity index is 4.37. The van der Waals surface area contributed by atoms with Crippen LogP contribution in [-0.4, -0.2) is 19.9 Å². The van der Waals surface area contributed by atoms with Crippen LogP contribution in [0.3, 0.4) is 0 Å². The van der Waals surface area contributed by atoms with Crippen LogP contribution < -0.4 is 0 Å². The van der Waals surface area contributed by atoms with E-state index >= 15 is 0 Å². The zero-order chi connectivity index (χ0) is 9.99. The molecule has 0 aliphatic rings. The fourth-order valence-corrected chi connectivity index (χ4v) is 0.394. The van der Waals surface area contributed by atoms with Gasteiger partial charge in [0, 0.05) is 6.92 Å². The van der Waals surface area contributed by atoms with E-state index in [1.807, 2.05) is 0 Å². The van der Waals surface area contributed by atoms with Crippen molar-refractivity contribution in [1.29, 1.82) is 0 Å². The molecule has 9 heteroatoms. The van der Waals surface area contributed by atoms with E-state index in [1.54, 1.807) is 0 Å². The van der Waals surface area contributed by atoms with Crippen molar-refractivity contribution in [3.8, 4) is 0 Å². The lowest BCUT2D eigenvalue weighted by molar-refractivity contribution is -0.215. The molecule has 0 aromatic rings. The number of alkyl halides is 3. The van der Waals surface area contributed by atoms with Gasteiger partial charge in [-0.2, -0.15) is 21.6 Å². The van der Waals surface area contributed by atoms with E-state index in [0.29, 0.717) is 6.92 Å². The van der Waals surface area contributed by atoms with Crippen molar-refractivity contribution in [2.24, 2.45) is 0 Å². The average Bonchev–Trinajstić information content (AvgIpc) is 1.81. The second-order valence-corrected chi connectivity index (χ2v) is 3.05.